The maximum absolute atomic E-state index is 14.0. The van der Waals surface area contributed by atoms with E-state index in [4.69, 9.17) is 4.74 Å². The maximum Gasteiger partial charge on any atom is 0.131 e. The molecule has 0 aliphatic carbocycles. The lowest BCUT2D eigenvalue weighted by molar-refractivity contribution is 0.0966. The first-order valence-corrected chi connectivity index (χ1v) is 6.73. The summed E-state index contributed by atoms with van der Waals surface area (Å²) in [4.78, 5) is 2.32. The minimum Gasteiger partial charge on any atom is -0.497 e. The van der Waals surface area contributed by atoms with E-state index in [1.807, 2.05) is 12.1 Å². The molecule has 0 saturated carbocycles. The van der Waals surface area contributed by atoms with Gasteiger partial charge in [-0.25, -0.2) is 4.39 Å². The highest BCUT2D eigenvalue weighted by molar-refractivity contribution is 5.29. The molecule has 1 aliphatic rings. The van der Waals surface area contributed by atoms with Crippen LogP contribution in [0, 0.1) is 5.82 Å². The van der Waals surface area contributed by atoms with Crippen molar-refractivity contribution in [1.29, 1.82) is 0 Å². The third-order valence-electron chi connectivity index (χ3n) is 3.73. The van der Waals surface area contributed by atoms with Gasteiger partial charge in [-0.3, -0.25) is 4.90 Å². The second-order valence-electron chi connectivity index (χ2n) is 5.98. The zero-order valence-corrected chi connectivity index (χ0v) is 12.2. The number of rotatable bonds is 3. The smallest absolute Gasteiger partial charge is 0.131 e. The summed E-state index contributed by atoms with van der Waals surface area (Å²) in [5, 5.41) is 3.50. The normalized spacial score (nSPS) is 23.3. The third kappa shape index (κ3) is 3.45. The molecular weight excluding hydrogens is 243 g/mol. The topological polar surface area (TPSA) is 24.5 Å². The van der Waals surface area contributed by atoms with Crippen LogP contribution in [0.1, 0.15) is 26.3 Å². The van der Waals surface area contributed by atoms with Gasteiger partial charge in [0.1, 0.15) is 11.6 Å². The van der Waals surface area contributed by atoms with E-state index >= 15 is 0 Å². The molecule has 1 atom stereocenters. The minimum atomic E-state index is -0.192. The van der Waals surface area contributed by atoms with Gasteiger partial charge in [0.15, 0.2) is 0 Å². The first-order valence-electron chi connectivity index (χ1n) is 6.73. The summed E-state index contributed by atoms with van der Waals surface area (Å²) in [6.45, 7) is 9.02. The molecule has 1 saturated heterocycles. The fourth-order valence-electron chi connectivity index (χ4n) is 2.49. The van der Waals surface area contributed by atoms with E-state index in [2.05, 4.69) is 31.0 Å². The largest absolute Gasteiger partial charge is 0.497 e. The van der Waals surface area contributed by atoms with E-state index in [0.717, 1.165) is 18.7 Å². The second kappa shape index (κ2) is 5.47. The number of hydrogen-bond donors (Lipinski definition) is 1. The Morgan fingerprint density at radius 2 is 2.21 bits per heavy atom. The summed E-state index contributed by atoms with van der Waals surface area (Å²) < 4.78 is 19.0. The fourth-order valence-corrected chi connectivity index (χ4v) is 2.49. The van der Waals surface area contributed by atoms with Crippen LogP contribution in [-0.4, -0.2) is 36.7 Å². The third-order valence-corrected chi connectivity index (χ3v) is 3.73. The van der Waals surface area contributed by atoms with Crippen molar-refractivity contribution < 1.29 is 9.13 Å². The Kier molecular flexibility index (Phi) is 4.11. The van der Waals surface area contributed by atoms with Crippen LogP contribution in [0.25, 0.3) is 0 Å². The highest BCUT2D eigenvalue weighted by atomic mass is 19.1. The molecule has 1 N–H and O–H groups in total. The van der Waals surface area contributed by atoms with Crippen molar-refractivity contribution in [3.8, 4) is 5.75 Å². The molecule has 1 aliphatic heterocycles. The van der Waals surface area contributed by atoms with Crippen LogP contribution in [-0.2, 0) is 6.54 Å². The van der Waals surface area contributed by atoms with Gasteiger partial charge in [0.25, 0.3) is 0 Å². The maximum atomic E-state index is 14.0. The van der Waals surface area contributed by atoms with Crippen LogP contribution in [0.15, 0.2) is 18.2 Å². The summed E-state index contributed by atoms with van der Waals surface area (Å²) in [6, 6.07) is 5.49. The van der Waals surface area contributed by atoms with Gasteiger partial charge in [0, 0.05) is 42.8 Å². The van der Waals surface area contributed by atoms with Crippen LogP contribution >= 0.6 is 0 Å². The molecule has 0 aromatic heterocycles. The van der Waals surface area contributed by atoms with E-state index in [1.54, 1.807) is 7.11 Å². The van der Waals surface area contributed by atoms with Gasteiger partial charge in [-0.2, -0.15) is 0 Å². The number of hydrogen-bond acceptors (Lipinski definition) is 3. The molecule has 106 valence electrons. The number of benzene rings is 1. The molecule has 1 unspecified atom stereocenters. The van der Waals surface area contributed by atoms with Gasteiger partial charge in [-0.15, -0.1) is 0 Å². The van der Waals surface area contributed by atoms with E-state index in [0.29, 0.717) is 18.3 Å². The minimum absolute atomic E-state index is 0.0788. The number of piperazine rings is 1. The number of methoxy groups -OCH3 is 1. The van der Waals surface area contributed by atoms with E-state index in [9.17, 15) is 4.39 Å². The first-order chi connectivity index (χ1) is 8.91. The lowest BCUT2D eigenvalue weighted by Gasteiger charge is -2.43. The predicted octanol–water partition coefficient (Wildman–Crippen LogP) is 2.41. The molecule has 0 bridgehead atoms. The average Bonchev–Trinajstić information content (AvgIpc) is 2.36. The van der Waals surface area contributed by atoms with Gasteiger partial charge in [0.05, 0.1) is 7.11 Å². The Morgan fingerprint density at radius 3 is 2.84 bits per heavy atom. The summed E-state index contributed by atoms with van der Waals surface area (Å²) in [7, 11) is 1.55. The molecule has 0 amide bonds. The Morgan fingerprint density at radius 1 is 1.47 bits per heavy atom. The SMILES string of the molecule is COc1ccc(CN2CC(C)(C)NCC2C)c(F)c1. The van der Waals surface area contributed by atoms with Crippen molar-refractivity contribution in [3.63, 3.8) is 0 Å². The van der Waals surface area contributed by atoms with Crippen molar-refractivity contribution >= 4 is 0 Å². The zero-order valence-electron chi connectivity index (χ0n) is 12.2. The standard InChI is InChI=1S/C15H23FN2O/c1-11-8-17-15(2,3)10-18(11)9-12-5-6-13(19-4)7-14(12)16/h5-7,11,17H,8-10H2,1-4H3. The van der Waals surface area contributed by atoms with Crippen molar-refractivity contribution in [2.24, 2.45) is 0 Å². The molecule has 1 aromatic rings. The van der Waals surface area contributed by atoms with Crippen LogP contribution in [0.5, 0.6) is 5.75 Å². The van der Waals surface area contributed by atoms with Gasteiger partial charge in [-0.05, 0) is 26.8 Å². The molecule has 1 heterocycles. The molecular formula is C15H23FN2O. The van der Waals surface area contributed by atoms with Crippen LogP contribution in [0.4, 0.5) is 4.39 Å². The number of ether oxygens (including phenoxy) is 1. The van der Waals surface area contributed by atoms with Crippen LogP contribution in [0.3, 0.4) is 0 Å². The zero-order chi connectivity index (χ0) is 14.0. The Hall–Kier alpha value is -1.13. The quantitative estimate of drug-likeness (QED) is 0.909. The molecule has 2 rings (SSSR count). The lowest BCUT2D eigenvalue weighted by atomic mass is 9.98. The van der Waals surface area contributed by atoms with Gasteiger partial charge in [-0.1, -0.05) is 6.07 Å². The molecule has 1 fully saturated rings. The van der Waals surface area contributed by atoms with Crippen molar-refractivity contribution in [2.45, 2.75) is 38.9 Å². The monoisotopic (exact) mass is 266 g/mol. The first kappa shape index (κ1) is 14.3. The van der Waals surface area contributed by atoms with Gasteiger partial charge >= 0.3 is 0 Å². The van der Waals surface area contributed by atoms with Crippen LogP contribution in [0.2, 0.25) is 0 Å². The van der Waals surface area contributed by atoms with Gasteiger partial charge < -0.3 is 10.1 Å². The van der Waals surface area contributed by atoms with Gasteiger partial charge in [0.2, 0.25) is 0 Å². The molecule has 19 heavy (non-hydrogen) atoms. The molecule has 3 nitrogen and oxygen atoms in total. The van der Waals surface area contributed by atoms with E-state index < -0.39 is 0 Å². The summed E-state index contributed by atoms with van der Waals surface area (Å²) >= 11 is 0. The lowest BCUT2D eigenvalue weighted by Crippen LogP contribution is -2.60. The molecule has 0 radical (unpaired) electrons. The fraction of sp³-hybridized carbons (Fsp3) is 0.600. The van der Waals surface area contributed by atoms with Crippen molar-refractivity contribution in [1.82, 2.24) is 10.2 Å². The number of nitrogens with zero attached hydrogens (tertiary/aromatic N) is 1. The van der Waals surface area contributed by atoms with Crippen molar-refractivity contribution in [2.75, 3.05) is 20.2 Å². The van der Waals surface area contributed by atoms with Crippen molar-refractivity contribution in [3.05, 3.63) is 29.6 Å². The number of halogens is 1. The summed E-state index contributed by atoms with van der Waals surface area (Å²) in [5.74, 6) is 0.373. The summed E-state index contributed by atoms with van der Waals surface area (Å²) in [6.07, 6.45) is 0. The Balaban J connectivity index is 2.11. The molecule has 4 heteroatoms. The van der Waals surface area contributed by atoms with E-state index in [-0.39, 0.29) is 11.4 Å². The second-order valence-corrected chi connectivity index (χ2v) is 5.98. The highest BCUT2D eigenvalue weighted by Crippen LogP contribution is 2.21. The molecule has 0 spiro atoms. The highest BCUT2D eigenvalue weighted by Gasteiger charge is 2.30. The van der Waals surface area contributed by atoms with Crippen LogP contribution < -0.4 is 10.1 Å². The Labute approximate surface area is 114 Å². The summed E-state index contributed by atoms with van der Waals surface area (Å²) in [5.41, 5.74) is 0.806. The predicted molar refractivity (Wildman–Crippen MR) is 74.9 cm³/mol. The number of nitrogens with one attached hydrogen (secondary N) is 1. The molecule has 1 aromatic carbocycles. The Bertz CT molecular complexity index is 448. The average molecular weight is 266 g/mol. The van der Waals surface area contributed by atoms with E-state index in [1.165, 1.54) is 6.07 Å².